The molecule has 1 rings (SSSR count). The molecule has 1 aliphatic heterocycles. The van der Waals surface area contributed by atoms with E-state index in [1.165, 1.54) is 12.2 Å². The van der Waals surface area contributed by atoms with Gasteiger partial charge in [0.05, 0.1) is 6.10 Å². The van der Waals surface area contributed by atoms with Crippen LogP contribution in [0.1, 0.15) is 20.3 Å². The van der Waals surface area contributed by atoms with Crippen molar-refractivity contribution in [1.29, 1.82) is 0 Å². The third-order valence-electron chi connectivity index (χ3n) is 1.95. The van der Waals surface area contributed by atoms with Crippen molar-refractivity contribution in [2.75, 3.05) is 12.0 Å². The third kappa shape index (κ3) is 2.88. The van der Waals surface area contributed by atoms with Crippen LogP contribution in [0.25, 0.3) is 0 Å². The zero-order valence-corrected chi connectivity index (χ0v) is 9.00. The molecule has 0 amide bonds. The van der Waals surface area contributed by atoms with E-state index in [0.717, 1.165) is 0 Å². The van der Waals surface area contributed by atoms with Gasteiger partial charge in [-0.15, -0.1) is 11.8 Å². The summed E-state index contributed by atoms with van der Waals surface area (Å²) in [6.45, 7) is 4.41. The summed E-state index contributed by atoms with van der Waals surface area (Å²) in [4.78, 5) is 0. The van der Waals surface area contributed by atoms with Gasteiger partial charge in [0.1, 0.15) is 5.44 Å². The van der Waals surface area contributed by atoms with Crippen molar-refractivity contribution in [3.63, 3.8) is 0 Å². The summed E-state index contributed by atoms with van der Waals surface area (Å²) in [5.41, 5.74) is 0.465. The Bertz CT molecular complexity index is 109. The zero-order chi connectivity index (χ0) is 8.27. The number of hydrogen-bond acceptors (Lipinski definition) is 3. The first-order valence-corrected chi connectivity index (χ1v) is 6.37. The van der Waals surface area contributed by atoms with E-state index in [2.05, 4.69) is 20.1 Å². The van der Waals surface area contributed by atoms with E-state index in [4.69, 9.17) is 4.74 Å². The lowest BCUT2D eigenvalue weighted by molar-refractivity contribution is 0.0670. The average Bonchev–Trinajstić information content (AvgIpc) is 2.28. The molecule has 1 nitrogen and oxygen atoms in total. The Labute approximate surface area is 77.6 Å². The smallest absolute Gasteiger partial charge is 0.104 e. The first kappa shape index (κ1) is 9.75. The normalized spacial score (nSPS) is 37.9. The van der Waals surface area contributed by atoms with Gasteiger partial charge in [-0.3, -0.25) is 0 Å². The maximum atomic E-state index is 5.73. The van der Waals surface area contributed by atoms with Crippen LogP contribution in [0.15, 0.2) is 0 Å². The van der Waals surface area contributed by atoms with Crippen LogP contribution in [-0.4, -0.2) is 28.8 Å². The molecule has 0 aromatic carbocycles. The van der Waals surface area contributed by atoms with E-state index >= 15 is 0 Å². The van der Waals surface area contributed by atoms with Crippen LogP contribution in [0.2, 0.25) is 0 Å². The molecule has 1 saturated heterocycles. The molecule has 0 aliphatic carbocycles. The van der Waals surface area contributed by atoms with Crippen molar-refractivity contribution >= 4 is 23.5 Å². The Morgan fingerprint density at radius 1 is 1.45 bits per heavy atom. The van der Waals surface area contributed by atoms with Crippen LogP contribution >= 0.6 is 23.5 Å². The summed E-state index contributed by atoms with van der Waals surface area (Å²) < 4.78 is 5.73. The molecule has 3 atom stereocenters. The minimum atomic E-state index is 0.451. The molecule has 66 valence electrons. The lowest BCUT2D eigenvalue weighted by Crippen LogP contribution is -2.12. The summed E-state index contributed by atoms with van der Waals surface area (Å²) in [6, 6.07) is 0. The Balaban J connectivity index is 2.18. The van der Waals surface area contributed by atoms with Crippen LogP contribution in [-0.2, 0) is 4.74 Å². The first-order chi connectivity index (χ1) is 5.24. The molecule has 0 spiro atoms. The second-order valence-corrected chi connectivity index (χ2v) is 5.42. The number of ether oxygens (including phenoxy) is 1. The van der Waals surface area contributed by atoms with Crippen molar-refractivity contribution in [2.24, 2.45) is 0 Å². The molecule has 0 aromatic rings. The molecule has 11 heavy (non-hydrogen) atoms. The van der Waals surface area contributed by atoms with Gasteiger partial charge in [0, 0.05) is 5.25 Å². The maximum absolute atomic E-state index is 5.73. The molecule has 0 aromatic heterocycles. The van der Waals surface area contributed by atoms with Gasteiger partial charge < -0.3 is 4.74 Å². The fourth-order valence-corrected chi connectivity index (χ4v) is 2.94. The molecule has 0 unspecified atom stereocenters. The topological polar surface area (TPSA) is 9.23 Å². The third-order valence-corrected chi connectivity index (χ3v) is 4.06. The van der Waals surface area contributed by atoms with E-state index in [-0.39, 0.29) is 0 Å². The van der Waals surface area contributed by atoms with Crippen LogP contribution in [0.5, 0.6) is 0 Å². The zero-order valence-electron chi connectivity index (χ0n) is 7.37. The second kappa shape index (κ2) is 4.63. The van der Waals surface area contributed by atoms with Crippen molar-refractivity contribution in [2.45, 2.75) is 37.1 Å². The van der Waals surface area contributed by atoms with Gasteiger partial charge >= 0.3 is 0 Å². The van der Waals surface area contributed by atoms with Crippen LogP contribution in [0.3, 0.4) is 0 Å². The van der Waals surface area contributed by atoms with E-state index in [0.29, 0.717) is 16.8 Å². The summed E-state index contributed by atoms with van der Waals surface area (Å²) >= 11 is 3.88. The highest BCUT2D eigenvalue weighted by atomic mass is 32.2. The minimum Gasteiger partial charge on any atom is -0.363 e. The van der Waals surface area contributed by atoms with Crippen LogP contribution in [0, 0.1) is 0 Å². The van der Waals surface area contributed by atoms with Crippen molar-refractivity contribution in [3.8, 4) is 0 Å². The van der Waals surface area contributed by atoms with Gasteiger partial charge in [-0.05, 0) is 25.4 Å². The van der Waals surface area contributed by atoms with Crippen molar-refractivity contribution in [1.82, 2.24) is 0 Å². The van der Waals surface area contributed by atoms with E-state index in [1.54, 1.807) is 0 Å². The lowest BCUT2D eigenvalue weighted by atomic mass is 10.3. The standard InChI is InChI=1S/C8H16OS2/c1-6-7(2)11-8(9-6)4-5-10-3/h6-8H,4-5H2,1-3H3/t6-,7-,8-/m1/s1. The highest BCUT2D eigenvalue weighted by Crippen LogP contribution is 2.34. The van der Waals surface area contributed by atoms with Crippen LogP contribution < -0.4 is 0 Å². The fourth-order valence-electron chi connectivity index (χ4n) is 1.08. The SMILES string of the molecule is CSCC[C@@H]1O[C@H](C)[C@@H](C)S1. The van der Waals surface area contributed by atoms with Gasteiger partial charge in [-0.25, -0.2) is 0 Å². The van der Waals surface area contributed by atoms with E-state index in [1.807, 2.05) is 23.5 Å². The summed E-state index contributed by atoms with van der Waals surface area (Å²) in [6.07, 6.45) is 3.79. The Morgan fingerprint density at radius 2 is 2.18 bits per heavy atom. The lowest BCUT2D eigenvalue weighted by Gasteiger charge is -2.07. The average molecular weight is 192 g/mol. The fraction of sp³-hybridized carbons (Fsp3) is 1.00. The minimum absolute atomic E-state index is 0.451. The molecule has 0 N–H and O–H groups in total. The highest BCUT2D eigenvalue weighted by Gasteiger charge is 2.28. The highest BCUT2D eigenvalue weighted by molar-refractivity contribution is 8.00. The number of thioether (sulfide) groups is 2. The summed E-state index contributed by atoms with van der Waals surface area (Å²) in [5, 5.41) is 0.682. The van der Waals surface area contributed by atoms with Gasteiger partial charge in [-0.2, -0.15) is 11.8 Å². The van der Waals surface area contributed by atoms with E-state index < -0.39 is 0 Å². The first-order valence-electron chi connectivity index (χ1n) is 4.04. The largest absolute Gasteiger partial charge is 0.363 e. The van der Waals surface area contributed by atoms with Crippen molar-refractivity contribution in [3.05, 3.63) is 0 Å². The number of rotatable bonds is 3. The summed E-state index contributed by atoms with van der Waals surface area (Å²) in [5.74, 6) is 1.22. The molecule has 1 aliphatic rings. The molecule has 0 bridgehead atoms. The van der Waals surface area contributed by atoms with Gasteiger partial charge in [0.2, 0.25) is 0 Å². The molecule has 1 heterocycles. The molecule has 1 fully saturated rings. The molecule has 0 saturated carbocycles. The monoisotopic (exact) mass is 192 g/mol. The summed E-state index contributed by atoms with van der Waals surface area (Å²) in [7, 11) is 0. The number of hydrogen-bond donors (Lipinski definition) is 0. The Morgan fingerprint density at radius 3 is 2.64 bits per heavy atom. The van der Waals surface area contributed by atoms with Crippen LogP contribution in [0.4, 0.5) is 0 Å². The molecule has 0 radical (unpaired) electrons. The van der Waals surface area contributed by atoms with Gasteiger partial charge in [-0.1, -0.05) is 6.92 Å². The predicted molar refractivity (Wildman–Crippen MR) is 54.4 cm³/mol. The van der Waals surface area contributed by atoms with Gasteiger partial charge in [0.25, 0.3) is 0 Å². The van der Waals surface area contributed by atoms with E-state index in [9.17, 15) is 0 Å². The predicted octanol–water partition coefficient (Wildman–Crippen LogP) is 2.61. The van der Waals surface area contributed by atoms with Crippen molar-refractivity contribution < 1.29 is 4.74 Å². The quantitative estimate of drug-likeness (QED) is 0.680. The Kier molecular flexibility index (Phi) is 4.10. The Hall–Kier alpha value is 0.660. The van der Waals surface area contributed by atoms with Gasteiger partial charge in [0.15, 0.2) is 0 Å². The molecular weight excluding hydrogens is 176 g/mol. The second-order valence-electron chi connectivity index (χ2n) is 2.89. The maximum Gasteiger partial charge on any atom is 0.104 e. The molecular formula is C8H16OS2. The molecule has 3 heteroatoms.